The minimum atomic E-state index is -0.809. The molecular formula is C20H28N2O6S. The molecule has 0 aliphatic rings. The average Bonchev–Trinajstić information content (AvgIpc) is 2.72. The summed E-state index contributed by atoms with van der Waals surface area (Å²) >= 11 is 1.22. The standard InChI is InChI=1S/C20H28N2O6S/c1-6-13(2)18(20(26)27-5)21-16(23)11-28-19(25)14-9-7-8-10-15(14)29-12-17(24)22(3)4/h7-10,13,18H,6,11-12H2,1-5H3,(H,21,23)/t13-,18+/m0/s1. The van der Waals surface area contributed by atoms with E-state index in [0.717, 1.165) is 0 Å². The van der Waals surface area contributed by atoms with Crippen molar-refractivity contribution in [2.45, 2.75) is 31.2 Å². The Hall–Kier alpha value is -2.55. The lowest BCUT2D eigenvalue weighted by Gasteiger charge is -2.21. The predicted molar refractivity (Wildman–Crippen MR) is 110 cm³/mol. The maximum Gasteiger partial charge on any atom is 0.339 e. The molecule has 29 heavy (non-hydrogen) atoms. The first-order chi connectivity index (χ1) is 13.7. The number of rotatable bonds is 10. The fourth-order valence-electron chi connectivity index (χ4n) is 2.25. The van der Waals surface area contributed by atoms with Crippen LogP contribution in [-0.2, 0) is 23.9 Å². The Morgan fingerprint density at radius 2 is 1.83 bits per heavy atom. The number of methoxy groups -OCH3 is 1. The van der Waals surface area contributed by atoms with Crippen molar-refractivity contribution in [2.24, 2.45) is 5.92 Å². The monoisotopic (exact) mass is 424 g/mol. The molecule has 0 spiro atoms. The number of amides is 2. The molecule has 0 saturated carbocycles. The molecule has 2 amide bonds. The van der Waals surface area contributed by atoms with Crippen LogP contribution in [0.4, 0.5) is 0 Å². The van der Waals surface area contributed by atoms with E-state index in [0.29, 0.717) is 11.3 Å². The van der Waals surface area contributed by atoms with Crippen molar-refractivity contribution in [2.75, 3.05) is 33.6 Å². The smallest absolute Gasteiger partial charge is 0.339 e. The molecule has 8 nitrogen and oxygen atoms in total. The Kier molecular flexibility index (Phi) is 10.2. The number of esters is 2. The van der Waals surface area contributed by atoms with E-state index in [4.69, 9.17) is 9.47 Å². The third-order valence-corrected chi connectivity index (χ3v) is 5.33. The Morgan fingerprint density at radius 1 is 1.17 bits per heavy atom. The van der Waals surface area contributed by atoms with Crippen LogP contribution in [0.25, 0.3) is 0 Å². The Morgan fingerprint density at radius 3 is 2.41 bits per heavy atom. The number of carbonyl (C=O) groups excluding carboxylic acids is 4. The van der Waals surface area contributed by atoms with Crippen LogP contribution >= 0.6 is 11.8 Å². The summed E-state index contributed by atoms with van der Waals surface area (Å²) in [7, 11) is 4.56. The summed E-state index contributed by atoms with van der Waals surface area (Å²) in [5.41, 5.74) is 0.267. The van der Waals surface area contributed by atoms with Gasteiger partial charge in [0.25, 0.3) is 5.91 Å². The number of thioether (sulfide) groups is 1. The zero-order chi connectivity index (χ0) is 22.0. The predicted octanol–water partition coefficient (Wildman–Crippen LogP) is 1.73. The third-order valence-electron chi connectivity index (χ3n) is 4.28. The average molecular weight is 425 g/mol. The molecule has 160 valence electrons. The largest absolute Gasteiger partial charge is 0.467 e. The first kappa shape index (κ1) is 24.5. The Bertz CT molecular complexity index is 737. The number of nitrogens with zero attached hydrogens (tertiary/aromatic N) is 1. The van der Waals surface area contributed by atoms with Crippen LogP contribution in [0.15, 0.2) is 29.2 Å². The zero-order valence-electron chi connectivity index (χ0n) is 17.4. The van der Waals surface area contributed by atoms with Gasteiger partial charge in [-0.15, -0.1) is 11.8 Å². The highest BCUT2D eigenvalue weighted by Crippen LogP contribution is 2.23. The summed E-state index contributed by atoms with van der Waals surface area (Å²) < 4.78 is 9.82. The van der Waals surface area contributed by atoms with E-state index in [1.54, 1.807) is 38.4 Å². The molecular weight excluding hydrogens is 396 g/mol. The zero-order valence-corrected chi connectivity index (χ0v) is 18.2. The number of hydrogen-bond donors (Lipinski definition) is 1. The lowest BCUT2D eigenvalue weighted by atomic mass is 9.99. The van der Waals surface area contributed by atoms with Gasteiger partial charge in [0.2, 0.25) is 5.91 Å². The van der Waals surface area contributed by atoms with Crippen LogP contribution in [0, 0.1) is 5.92 Å². The lowest BCUT2D eigenvalue weighted by molar-refractivity contribution is -0.147. The molecule has 0 bridgehead atoms. The topological polar surface area (TPSA) is 102 Å². The van der Waals surface area contributed by atoms with Crippen molar-refractivity contribution in [3.63, 3.8) is 0 Å². The molecule has 1 rings (SSSR count). The van der Waals surface area contributed by atoms with E-state index in [1.165, 1.54) is 23.8 Å². The van der Waals surface area contributed by atoms with Crippen LogP contribution in [0.1, 0.15) is 30.6 Å². The van der Waals surface area contributed by atoms with Crippen LogP contribution in [0.2, 0.25) is 0 Å². The minimum absolute atomic E-state index is 0.0866. The van der Waals surface area contributed by atoms with Crippen molar-refractivity contribution in [3.8, 4) is 0 Å². The molecule has 0 fully saturated rings. The van der Waals surface area contributed by atoms with E-state index < -0.39 is 30.5 Å². The summed E-state index contributed by atoms with van der Waals surface area (Å²) in [6, 6.07) is 5.89. The van der Waals surface area contributed by atoms with Gasteiger partial charge in [0.1, 0.15) is 6.04 Å². The van der Waals surface area contributed by atoms with Gasteiger partial charge in [-0.3, -0.25) is 9.59 Å². The number of benzene rings is 1. The van der Waals surface area contributed by atoms with Gasteiger partial charge in [0, 0.05) is 19.0 Å². The molecule has 1 aromatic carbocycles. The molecule has 0 heterocycles. The third kappa shape index (κ3) is 7.77. The summed E-state index contributed by atoms with van der Waals surface area (Å²) in [5.74, 6) is -1.87. The molecule has 0 aliphatic heterocycles. The number of hydrogen-bond acceptors (Lipinski definition) is 7. The van der Waals surface area contributed by atoms with E-state index in [2.05, 4.69) is 5.32 Å². The second-order valence-electron chi connectivity index (χ2n) is 6.60. The van der Waals surface area contributed by atoms with Crippen LogP contribution in [0.3, 0.4) is 0 Å². The molecule has 1 N–H and O–H groups in total. The van der Waals surface area contributed by atoms with Gasteiger partial charge in [-0.1, -0.05) is 32.4 Å². The normalized spacial score (nSPS) is 12.4. The van der Waals surface area contributed by atoms with Crippen molar-refractivity contribution in [1.29, 1.82) is 0 Å². The van der Waals surface area contributed by atoms with Crippen molar-refractivity contribution >= 4 is 35.5 Å². The Balaban J connectivity index is 2.71. The highest BCUT2D eigenvalue weighted by atomic mass is 32.2. The lowest BCUT2D eigenvalue weighted by Crippen LogP contribution is -2.47. The van der Waals surface area contributed by atoms with Gasteiger partial charge in [-0.25, -0.2) is 9.59 Å². The van der Waals surface area contributed by atoms with E-state index in [9.17, 15) is 19.2 Å². The molecule has 9 heteroatoms. The van der Waals surface area contributed by atoms with Crippen LogP contribution in [-0.4, -0.2) is 68.3 Å². The first-order valence-electron chi connectivity index (χ1n) is 9.17. The maximum atomic E-state index is 12.4. The molecule has 2 atom stereocenters. The second kappa shape index (κ2) is 12.1. The van der Waals surface area contributed by atoms with Gasteiger partial charge in [0.05, 0.1) is 18.4 Å². The number of ether oxygens (including phenoxy) is 2. The van der Waals surface area contributed by atoms with Gasteiger partial charge >= 0.3 is 11.9 Å². The minimum Gasteiger partial charge on any atom is -0.467 e. The highest BCUT2D eigenvalue weighted by molar-refractivity contribution is 8.00. The van der Waals surface area contributed by atoms with Gasteiger partial charge in [-0.2, -0.15) is 0 Å². The molecule has 0 unspecified atom stereocenters. The van der Waals surface area contributed by atoms with Crippen molar-refractivity contribution in [3.05, 3.63) is 29.8 Å². The maximum absolute atomic E-state index is 12.4. The van der Waals surface area contributed by atoms with E-state index >= 15 is 0 Å². The number of nitrogens with one attached hydrogen (secondary N) is 1. The molecule has 0 aromatic heterocycles. The van der Waals surface area contributed by atoms with Crippen molar-refractivity contribution < 1.29 is 28.7 Å². The van der Waals surface area contributed by atoms with Crippen LogP contribution in [0.5, 0.6) is 0 Å². The fourth-order valence-corrected chi connectivity index (χ4v) is 3.27. The summed E-state index contributed by atoms with van der Waals surface area (Å²) in [5, 5.41) is 2.55. The molecule has 0 aliphatic carbocycles. The van der Waals surface area contributed by atoms with E-state index in [-0.39, 0.29) is 23.1 Å². The molecule has 1 aromatic rings. The summed E-state index contributed by atoms with van der Waals surface area (Å²) in [6.07, 6.45) is 0.663. The van der Waals surface area contributed by atoms with Crippen molar-refractivity contribution in [1.82, 2.24) is 10.2 Å². The second-order valence-corrected chi connectivity index (χ2v) is 7.62. The van der Waals surface area contributed by atoms with Gasteiger partial charge < -0.3 is 19.7 Å². The molecule has 0 saturated heterocycles. The van der Waals surface area contributed by atoms with E-state index in [1.807, 2.05) is 13.8 Å². The fraction of sp³-hybridized carbons (Fsp3) is 0.500. The highest BCUT2D eigenvalue weighted by Gasteiger charge is 2.27. The summed E-state index contributed by atoms with van der Waals surface area (Å²) in [6.45, 7) is 3.18. The van der Waals surface area contributed by atoms with Gasteiger partial charge in [0.15, 0.2) is 6.61 Å². The molecule has 0 radical (unpaired) electrons. The van der Waals surface area contributed by atoms with Gasteiger partial charge in [-0.05, 0) is 18.1 Å². The Labute approximate surface area is 175 Å². The quantitative estimate of drug-likeness (QED) is 0.451. The van der Waals surface area contributed by atoms with Crippen LogP contribution < -0.4 is 5.32 Å². The SMILES string of the molecule is CC[C@H](C)[C@@H](NC(=O)COC(=O)c1ccccc1SCC(=O)N(C)C)C(=O)OC. The number of carbonyl (C=O) groups is 4. The summed E-state index contributed by atoms with van der Waals surface area (Å²) in [4.78, 5) is 50.2. The first-order valence-corrected chi connectivity index (χ1v) is 10.2.